The topological polar surface area (TPSA) is 0 Å². The molecule has 0 spiro atoms. The fourth-order valence-corrected chi connectivity index (χ4v) is 0. The fraction of sp³-hybridized carbons (Fsp3) is 0. The minimum absolute atomic E-state index is 0. The van der Waals surface area contributed by atoms with Gasteiger partial charge in [0.1, 0.15) is 0 Å². The van der Waals surface area contributed by atoms with Crippen molar-refractivity contribution >= 4 is 23.3 Å². The Balaban J connectivity index is -0.00000000500. The number of thiol groups is 2. The van der Waals surface area contributed by atoms with E-state index in [-0.39, 0.29) is 38.1 Å². The Morgan fingerprint density at radius 3 is 1.00 bits per heavy atom. The van der Waals surface area contributed by atoms with Crippen molar-refractivity contribution in [1.29, 1.82) is 0 Å². The van der Waals surface area contributed by atoms with E-state index in [1.54, 1.807) is 0 Å². The van der Waals surface area contributed by atoms with Gasteiger partial charge in [-0.05, 0) is 0 Å². The van der Waals surface area contributed by atoms with Gasteiger partial charge in [0.15, 0.2) is 0 Å². The first-order valence-electron chi connectivity index (χ1n) is 0.200. The molecule has 0 saturated carbocycles. The van der Waals surface area contributed by atoms with Crippen LogP contribution in [-0.4, -0.2) is 0 Å². The van der Waals surface area contributed by atoms with Gasteiger partial charge in [-0.2, -0.15) is 0 Å². The van der Waals surface area contributed by atoms with Gasteiger partial charge in [-0.3, -0.25) is 0 Å². The minimum atomic E-state index is 0. The van der Waals surface area contributed by atoms with Crippen LogP contribution in [0.2, 0.25) is 0 Å². The second-order valence-electron chi connectivity index (χ2n) is 0. The molecule has 27 valence electrons. The monoisotopic (exact) mass is 305 g/mol. The van der Waals surface area contributed by atoms with Crippen LogP contribution in [0.15, 0.2) is 0 Å². The summed E-state index contributed by atoms with van der Waals surface area (Å²) in [6.07, 6.45) is 0. The molecule has 0 nitrogen and oxygen atoms in total. The van der Waals surface area contributed by atoms with Crippen molar-refractivity contribution in [1.82, 2.24) is 0 Å². The van der Waals surface area contributed by atoms with E-state index in [1.165, 1.54) is 0 Å². The van der Waals surface area contributed by atoms with Gasteiger partial charge in [0.25, 0.3) is 0 Å². The predicted molar refractivity (Wildman–Crippen MR) is 18.0 cm³/mol. The molecule has 4 heteroatoms. The van der Waals surface area contributed by atoms with E-state index in [2.05, 4.69) is 23.3 Å². The molecule has 1 radical (unpaired) electrons. The summed E-state index contributed by atoms with van der Waals surface area (Å²) in [6.45, 7) is 0. The number of hydrogen-bond donors (Lipinski definition) is 2. The van der Waals surface area contributed by atoms with Gasteiger partial charge >= 0.3 is 0 Å². The Bertz CT molecular complexity index is 6.00. The molecular weight excluding hydrogens is 303 g/mol. The van der Waals surface area contributed by atoms with E-state index in [9.17, 15) is 0 Å². The second kappa shape index (κ2) is 20.6. The van der Waals surface area contributed by atoms with Crippen molar-refractivity contribution in [2.45, 2.75) is 0 Å². The normalized spacial score (nSPS) is 1.50. The molecule has 0 unspecified atom stereocenters. The van der Waals surface area contributed by atoms with Crippen LogP contribution in [0.5, 0.6) is 0 Å². The third kappa shape index (κ3) is 9.08. The summed E-state index contributed by atoms with van der Waals surface area (Å²) >= 11 is 6.44. The third-order valence-corrected chi connectivity index (χ3v) is 0. The number of hydrogen-bond acceptors (Lipinski definition) is 2. The SMILES string of the molecule is SS.[Mn].[W]. The number of rotatable bonds is 0. The van der Waals surface area contributed by atoms with Crippen LogP contribution in [0, 0.1) is 0 Å². The largest absolute Gasteiger partial charge is 0.115 e. The Labute approximate surface area is 61.1 Å². The average Bonchev–Trinajstić information content (AvgIpc) is 1.00. The summed E-state index contributed by atoms with van der Waals surface area (Å²) in [6, 6.07) is 0. The maximum Gasteiger partial charge on any atom is 0 e. The van der Waals surface area contributed by atoms with Crippen LogP contribution < -0.4 is 0 Å². The van der Waals surface area contributed by atoms with Crippen LogP contribution in [0.25, 0.3) is 0 Å². The van der Waals surface area contributed by atoms with Crippen LogP contribution in [0.3, 0.4) is 0 Å². The maximum atomic E-state index is 3.22. The van der Waals surface area contributed by atoms with Gasteiger partial charge in [-0.1, -0.05) is 0 Å². The van der Waals surface area contributed by atoms with E-state index in [4.69, 9.17) is 0 Å². The summed E-state index contributed by atoms with van der Waals surface area (Å²) < 4.78 is 0. The smallest absolute Gasteiger partial charge is 0 e. The standard InChI is InChI=1S/Mn.H2S2.W/c;1-2;/h;1-2H;. The molecule has 0 heterocycles. The van der Waals surface area contributed by atoms with Gasteiger partial charge in [0, 0.05) is 38.1 Å². The fourth-order valence-electron chi connectivity index (χ4n) is 0. The molecule has 0 aromatic carbocycles. The van der Waals surface area contributed by atoms with Crippen LogP contribution in [0.4, 0.5) is 0 Å². The minimum Gasteiger partial charge on any atom is -0.115 e. The quantitative estimate of drug-likeness (QED) is 0.368. The maximum absolute atomic E-state index is 3.22. The molecule has 0 aromatic heterocycles. The molecule has 0 aliphatic carbocycles. The third-order valence-electron chi connectivity index (χ3n) is 0. The first-order valence-corrected chi connectivity index (χ1v) is 1.80. The Morgan fingerprint density at radius 2 is 1.00 bits per heavy atom. The molecule has 0 aromatic rings. The molecule has 0 aliphatic rings. The molecular formula is H2MnS2W. The average molecular weight is 305 g/mol. The predicted octanol–water partition coefficient (Wildman–Crippen LogP) is 0.756. The zero-order chi connectivity index (χ0) is 2.00. The van der Waals surface area contributed by atoms with Crippen molar-refractivity contribution in [3.05, 3.63) is 0 Å². The van der Waals surface area contributed by atoms with Gasteiger partial charge in [-0.25, -0.2) is 0 Å². The van der Waals surface area contributed by atoms with Crippen molar-refractivity contribution in [3.63, 3.8) is 0 Å². The molecule has 0 amide bonds. The summed E-state index contributed by atoms with van der Waals surface area (Å²) in [7, 11) is 0. The van der Waals surface area contributed by atoms with E-state index in [0.717, 1.165) is 0 Å². The summed E-state index contributed by atoms with van der Waals surface area (Å²) in [5.74, 6) is 0. The first kappa shape index (κ1) is 16.8. The van der Waals surface area contributed by atoms with Crippen LogP contribution in [0.1, 0.15) is 0 Å². The van der Waals surface area contributed by atoms with Crippen LogP contribution >= 0.6 is 23.3 Å². The molecule has 0 saturated heterocycles. The summed E-state index contributed by atoms with van der Waals surface area (Å²) in [5, 5.41) is 0. The Morgan fingerprint density at radius 1 is 1.00 bits per heavy atom. The first-order chi connectivity index (χ1) is 1.00. The molecule has 4 heavy (non-hydrogen) atoms. The molecule has 0 bridgehead atoms. The molecule has 0 atom stereocenters. The summed E-state index contributed by atoms with van der Waals surface area (Å²) in [5.41, 5.74) is 0. The zero-order valence-corrected chi connectivity index (χ0v) is 7.58. The van der Waals surface area contributed by atoms with Crippen molar-refractivity contribution in [2.24, 2.45) is 0 Å². The summed E-state index contributed by atoms with van der Waals surface area (Å²) in [4.78, 5) is 0. The van der Waals surface area contributed by atoms with E-state index < -0.39 is 0 Å². The molecule has 0 aliphatic heterocycles. The molecule has 0 rings (SSSR count). The van der Waals surface area contributed by atoms with E-state index in [0.29, 0.717) is 0 Å². The Kier molecular flexibility index (Phi) is 86.6. The van der Waals surface area contributed by atoms with E-state index >= 15 is 0 Å². The van der Waals surface area contributed by atoms with E-state index in [1.807, 2.05) is 0 Å². The van der Waals surface area contributed by atoms with Crippen molar-refractivity contribution < 1.29 is 38.1 Å². The second-order valence-corrected chi connectivity index (χ2v) is 0. The van der Waals surface area contributed by atoms with Gasteiger partial charge in [0.05, 0.1) is 0 Å². The zero-order valence-electron chi connectivity index (χ0n) is 1.68. The Hall–Kier alpha value is 1.91. The van der Waals surface area contributed by atoms with Crippen LogP contribution in [-0.2, 0) is 38.1 Å². The van der Waals surface area contributed by atoms with Gasteiger partial charge in [0.2, 0.25) is 0 Å². The van der Waals surface area contributed by atoms with Crippen molar-refractivity contribution in [3.8, 4) is 0 Å². The molecule has 0 N–H and O–H groups in total. The van der Waals surface area contributed by atoms with Gasteiger partial charge in [-0.15, -0.1) is 23.3 Å². The molecule has 0 fully saturated rings. The van der Waals surface area contributed by atoms with Crippen molar-refractivity contribution in [2.75, 3.05) is 0 Å². The van der Waals surface area contributed by atoms with Gasteiger partial charge < -0.3 is 0 Å².